The number of thiophene rings is 1. The van der Waals surface area contributed by atoms with E-state index in [1.807, 2.05) is 0 Å². The number of aromatic nitrogens is 2. The van der Waals surface area contributed by atoms with E-state index in [4.69, 9.17) is 0 Å². The molecule has 0 aromatic carbocycles. The lowest BCUT2D eigenvalue weighted by Crippen LogP contribution is -2.07. The molecule has 0 amide bonds. The number of carbonyl (C=O) groups excluding carboxylic acids is 1. The minimum atomic E-state index is 0.119. The van der Waals surface area contributed by atoms with Crippen LogP contribution in [-0.2, 0) is 4.79 Å². The molecule has 1 aliphatic rings. The summed E-state index contributed by atoms with van der Waals surface area (Å²) in [6.07, 6.45) is 4.85. The van der Waals surface area contributed by atoms with Crippen molar-refractivity contribution in [2.24, 2.45) is 0 Å². The number of hydrogen-bond donors (Lipinski definition) is 0. The molecule has 20 heavy (non-hydrogen) atoms. The number of thioether (sulfide) groups is 1. The van der Waals surface area contributed by atoms with E-state index in [0.717, 1.165) is 32.8 Å². The van der Waals surface area contributed by atoms with Gasteiger partial charge in [0.1, 0.15) is 11.4 Å². The molecule has 0 spiro atoms. The fourth-order valence-corrected chi connectivity index (χ4v) is 4.29. The molecular weight excluding hydrogens is 288 g/mol. The predicted octanol–water partition coefficient (Wildman–Crippen LogP) is 4.33. The van der Waals surface area contributed by atoms with Crippen LogP contribution in [0.4, 0.5) is 0 Å². The fraction of sp³-hybridized carbons (Fsp3) is 0.400. The molecule has 0 atom stereocenters. The van der Waals surface area contributed by atoms with Crippen LogP contribution in [0.5, 0.6) is 0 Å². The van der Waals surface area contributed by atoms with E-state index in [1.165, 1.54) is 0 Å². The van der Waals surface area contributed by atoms with E-state index >= 15 is 0 Å². The molecule has 0 radical (unpaired) electrons. The first-order valence-corrected chi connectivity index (χ1v) is 8.29. The van der Waals surface area contributed by atoms with Gasteiger partial charge in [-0.1, -0.05) is 32.5 Å². The van der Waals surface area contributed by atoms with Gasteiger partial charge in [-0.2, -0.15) is 0 Å². The van der Waals surface area contributed by atoms with Crippen LogP contribution in [0.2, 0.25) is 0 Å². The third-order valence-corrected chi connectivity index (χ3v) is 5.27. The molecule has 2 aromatic heterocycles. The van der Waals surface area contributed by atoms with Crippen molar-refractivity contribution in [3.05, 3.63) is 23.3 Å². The second-order valence-corrected chi connectivity index (χ2v) is 8.55. The summed E-state index contributed by atoms with van der Waals surface area (Å²) in [5.41, 5.74) is 3.21. The van der Waals surface area contributed by atoms with Gasteiger partial charge in [0, 0.05) is 22.1 Å². The van der Waals surface area contributed by atoms with Crippen LogP contribution in [-0.4, -0.2) is 20.5 Å². The van der Waals surface area contributed by atoms with Crippen LogP contribution in [0.15, 0.2) is 22.8 Å². The first kappa shape index (κ1) is 13.8. The molecule has 2 aromatic rings. The topological polar surface area (TPSA) is 42.9 Å². The third-order valence-electron chi connectivity index (χ3n) is 3.05. The molecule has 2 heterocycles. The van der Waals surface area contributed by atoms with Gasteiger partial charge in [-0.25, -0.2) is 9.97 Å². The molecule has 0 unspecified atom stereocenters. The van der Waals surface area contributed by atoms with Gasteiger partial charge in [0.25, 0.3) is 0 Å². The second kappa shape index (κ2) is 4.97. The van der Waals surface area contributed by atoms with Crippen LogP contribution < -0.4 is 0 Å². The van der Waals surface area contributed by atoms with Gasteiger partial charge in [-0.15, -0.1) is 11.3 Å². The summed E-state index contributed by atoms with van der Waals surface area (Å²) < 4.78 is 1.25. The number of rotatable bonds is 2. The van der Waals surface area contributed by atoms with Crippen molar-refractivity contribution in [2.45, 2.75) is 43.4 Å². The highest BCUT2D eigenvalue weighted by atomic mass is 32.2. The molecule has 3 rings (SSSR count). The van der Waals surface area contributed by atoms with Gasteiger partial charge in [0.2, 0.25) is 0 Å². The second-order valence-electron chi connectivity index (χ2n) is 5.86. The number of hydrogen-bond acceptors (Lipinski definition) is 5. The Labute approximate surface area is 126 Å². The SMILES string of the molecule is CC(C)(C)Sc1ncnc2c(C3=CC(=O)CC3)csc12. The van der Waals surface area contributed by atoms with Gasteiger partial charge in [0.15, 0.2) is 5.78 Å². The Bertz CT molecular complexity index is 710. The zero-order valence-corrected chi connectivity index (χ0v) is 13.4. The first-order valence-electron chi connectivity index (χ1n) is 6.59. The number of allylic oxidation sites excluding steroid dienone is 2. The van der Waals surface area contributed by atoms with E-state index in [0.29, 0.717) is 6.42 Å². The number of nitrogens with zero attached hydrogens (tertiary/aromatic N) is 2. The van der Waals surface area contributed by atoms with E-state index in [1.54, 1.807) is 35.5 Å². The standard InChI is InChI=1S/C15H16N2OS2/c1-15(2,3)20-14-13-12(16-8-17-14)11(7-19-13)9-4-5-10(18)6-9/h6-8H,4-5H2,1-3H3. The Hall–Kier alpha value is -1.20. The quantitative estimate of drug-likeness (QED) is 0.612. The van der Waals surface area contributed by atoms with Crippen LogP contribution >= 0.6 is 23.1 Å². The maximum atomic E-state index is 11.4. The fourth-order valence-electron chi connectivity index (χ4n) is 2.23. The van der Waals surface area contributed by atoms with Crippen molar-refractivity contribution in [3.63, 3.8) is 0 Å². The smallest absolute Gasteiger partial charge is 0.156 e. The van der Waals surface area contributed by atoms with Crippen molar-refractivity contribution in [1.29, 1.82) is 0 Å². The lowest BCUT2D eigenvalue weighted by molar-refractivity contribution is -0.114. The van der Waals surface area contributed by atoms with Crippen molar-refractivity contribution in [2.75, 3.05) is 0 Å². The lowest BCUT2D eigenvalue weighted by Gasteiger charge is -2.16. The maximum Gasteiger partial charge on any atom is 0.156 e. The molecule has 0 aliphatic heterocycles. The van der Waals surface area contributed by atoms with Crippen molar-refractivity contribution in [3.8, 4) is 0 Å². The van der Waals surface area contributed by atoms with E-state index in [2.05, 4.69) is 36.1 Å². The molecule has 1 aliphatic carbocycles. The first-order chi connectivity index (χ1) is 9.44. The molecule has 0 fully saturated rings. The van der Waals surface area contributed by atoms with Gasteiger partial charge < -0.3 is 0 Å². The highest BCUT2D eigenvalue weighted by Crippen LogP contribution is 2.40. The van der Waals surface area contributed by atoms with Crippen LogP contribution in [0.25, 0.3) is 15.8 Å². The normalized spacial score (nSPS) is 15.9. The summed E-state index contributed by atoms with van der Waals surface area (Å²) in [6.45, 7) is 6.54. The summed E-state index contributed by atoms with van der Waals surface area (Å²) in [6, 6.07) is 0. The summed E-state index contributed by atoms with van der Waals surface area (Å²) >= 11 is 3.43. The summed E-state index contributed by atoms with van der Waals surface area (Å²) in [7, 11) is 0. The van der Waals surface area contributed by atoms with Crippen molar-refractivity contribution < 1.29 is 4.79 Å². The monoisotopic (exact) mass is 304 g/mol. The molecule has 104 valence electrons. The molecule has 0 saturated heterocycles. The molecule has 3 nitrogen and oxygen atoms in total. The van der Waals surface area contributed by atoms with Crippen molar-refractivity contribution >= 4 is 44.7 Å². The van der Waals surface area contributed by atoms with E-state index in [-0.39, 0.29) is 10.5 Å². The Morgan fingerprint density at radius 3 is 2.70 bits per heavy atom. The average Bonchev–Trinajstić information content (AvgIpc) is 2.93. The Kier molecular flexibility index (Phi) is 3.42. The van der Waals surface area contributed by atoms with Crippen LogP contribution in [0.1, 0.15) is 39.2 Å². The number of fused-ring (bicyclic) bond motifs is 1. The van der Waals surface area contributed by atoms with Crippen molar-refractivity contribution in [1.82, 2.24) is 9.97 Å². The molecule has 5 heteroatoms. The molecular formula is C15H16N2OS2. The van der Waals surface area contributed by atoms with Gasteiger partial charge in [-0.3, -0.25) is 4.79 Å². The maximum absolute atomic E-state index is 11.4. The summed E-state index contributed by atoms with van der Waals surface area (Å²) in [5, 5.41) is 3.14. The zero-order valence-electron chi connectivity index (χ0n) is 11.8. The van der Waals surface area contributed by atoms with Crippen LogP contribution in [0.3, 0.4) is 0 Å². The van der Waals surface area contributed by atoms with Crippen LogP contribution in [0, 0.1) is 0 Å². The number of ketones is 1. The lowest BCUT2D eigenvalue weighted by atomic mass is 10.1. The average molecular weight is 304 g/mol. The molecule has 0 bridgehead atoms. The molecule has 0 N–H and O–H groups in total. The predicted molar refractivity (Wildman–Crippen MR) is 85.2 cm³/mol. The van der Waals surface area contributed by atoms with E-state index in [9.17, 15) is 4.79 Å². The van der Waals surface area contributed by atoms with E-state index < -0.39 is 0 Å². The molecule has 0 saturated carbocycles. The summed E-state index contributed by atoms with van der Waals surface area (Å²) in [4.78, 5) is 20.3. The minimum absolute atomic E-state index is 0.119. The highest BCUT2D eigenvalue weighted by Gasteiger charge is 2.21. The largest absolute Gasteiger partial charge is 0.295 e. The summed E-state index contributed by atoms with van der Waals surface area (Å²) in [5.74, 6) is 0.220. The zero-order chi connectivity index (χ0) is 14.3. The van der Waals surface area contributed by atoms with Gasteiger partial charge in [0.05, 0.1) is 10.2 Å². The minimum Gasteiger partial charge on any atom is -0.295 e. The Morgan fingerprint density at radius 2 is 2.05 bits per heavy atom. The number of carbonyl (C=O) groups is 1. The Balaban J connectivity index is 2.08. The third kappa shape index (κ3) is 2.65. The highest BCUT2D eigenvalue weighted by molar-refractivity contribution is 8.00. The van der Waals surface area contributed by atoms with Gasteiger partial charge >= 0.3 is 0 Å². The van der Waals surface area contributed by atoms with Gasteiger partial charge in [-0.05, 0) is 18.1 Å². The Morgan fingerprint density at radius 1 is 1.25 bits per heavy atom.